The van der Waals surface area contributed by atoms with Crippen molar-refractivity contribution in [3.8, 4) is 0 Å². The fourth-order valence-corrected chi connectivity index (χ4v) is 2.70. The quantitative estimate of drug-likeness (QED) is 0.779. The number of hydrogen-bond donors (Lipinski definition) is 2. The number of H-pyrrole nitrogens is 1. The van der Waals surface area contributed by atoms with Crippen LogP contribution < -0.4 is 4.72 Å². The third-order valence-electron chi connectivity index (χ3n) is 2.75. The predicted molar refractivity (Wildman–Crippen MR) is 89.8 cm³/mol. The second-order valence-corrected chi connectivity index (χ2v) is 6.53. The number of esters is 1. The minimum Gasteiger partial charge on any atom is -0.461 e. The molecule has 8 heteroatoms. The van der Waals surface area contributed by atoms with Crippen LogP contribution in [-0.2, 0) is 14.8 Å². The van der Waals surface area contributed by atoms with Gasteiger partial charge in [0.2, 0.25) is 0 Å². The van der Waals surface area contributed by atoms with E-state index in [2.05, 4.69) is 9.71 Å². The highest BCUT2D eigenvalue weighted by Gasteiger charge is 2.12. The van der Waals surface area contributed by atoms with Gasteiger partial charge in [0.15, 0.2) is 0 Å². The SMILES string of the molecule is CCOC(=O)c1cc(NS(=O)(=O)/C=C/c2ccc(Cl)cc2)c[nH]1. The largest absolute Gasteiger partial charge is 0.461 e. The van der Waals surface area contributed by atoms with Gasteiger partial charge in [0, 0.05) is 11.2 Å². The summed E-state index contributed by atoms with van der Waals surface area (Å²) in [6.07, 6.45) is 2.82. The zero-order chi connectivity index (χ0) is 16.9. The molecule has 0 saturated heterocycles. The van der Waals surface area contributed by atoms with Crippen LogP contribution in [0, 0.1) is 0 Å². The van der Waals surface area contributed by atoms with E-state index >= 15 is 0 Å². The van der Waals surface area contributed by atoms with Crippen LogP contribution >= 0.6 is 11.6 Å². The summed E-state index contributed by atoms with van der Waals surface area (Å²) in [6, 6.07) is 8.09. The van der Waals surface area contributed by atoms with Crippen LogP contribution in [-0.4, -0.2) is 26.0 Å². The summed E-state index contributed by atoms with van der Waals surface area (Å²) < 4.78 is 31.1. The maximum absolute atomic E-state index is 12.0. The first-order chi connectivity index (χ1) is 10.9. The van der Waals surface area contributed by atoms with Crippen LogP contribution in [0.25, 0.3) is 6.08 Å². The smallest absolute Gasteiger partial charge is 0.354 e. The highest BCUT2D eigenvalue weighted by atomic mass is 35.5. The molecular weight excluding hydrogens is 340 g/mol. The highest BCUT2D eigenvalue weighted by Crippen LogP contribution is 2.15. The van der Waals surface area contributed by atoms with Crippen LogP contribution in [0.2, 0.25) is 5.02 Å². The lowest BCUT2D eigenvalue weighted by Crippen LogP contribution is -2.08. The molecule has 0 saturated carbocycles. The fraction of sp³-hybridized carbons (Fsp3) is 0.133. The number of aromatic nitrogens is 1. The van der Waals surface area contributed by atoms with E-state index in [1.807, 2.05) is 0 Å². The van der Waals surface area contributed by atoms with E-state index in [0.29, 0.717) is 10.6 Å². The maximum Gasteiger partial charge on any atom is 0.354 e. The van der Waals surface area contributed by atoms with E-state index in [1.54, 1.807) is 31.2 Å². The van der Waals surface area contributed by atoms with Gasteiger partial charge in [0.05, 0.1) is 17.7 Å². The molecule has 122 valence electrons. The van der Waals surface area contributed by atoms with Crippen molar-refractivity contribution in [2.75, 3.05) is 11.3 Å². The van der Waals surface area contributed by atoms with Gasteiger partial charge in [-0.1, -0.05) is 23.7 Å². The second kappa shape index (κ2) is 7.34. The Morgan fingerprint density at radius 3 is 2.70 bits per heavy atom. The van der Waals surface area contributed by atoms with Crippen molar-refractivity contribution in [3.05, 3.63) is 58.2 Å². The van der Waals surface area contributed by atoms with Gasteiger partial charge in [-0.25, -0.2) is 13.2 Å². The lowest BCUT2D eigenvalue weighted by Gasteiger charge is -2.01. The molecule has 0 aliphatic carbocycles. The standard InChI is InChI=1S/C15H15ClN2O4S/c1-2-22-15(19)14-9-13(10-17-14)18-23(20,21)8-7-11-3-5-12(16)6-4-11/h3-10,17-18H,2H2,1H3/b8-7+. The summed E-state index contributed by atoms with van der Waals surface area (Å²) in [5.41, 5.74) is 1.11. The van der Waals surface area contributed by atoms with Gasteiger partial charge < -0.3 is 9.72 Å². The number of halogens is 1. The molecule has 0 bridgehead atoms. The first-order valence-corrected chi connectivity index (χ1v) is 8.64. The molecule has 23 heavy (non-hydrogen) atoms. The first kappa shape index (κ1) is 17.1. The summed E-state index contributed by atoms with van der Waals surface area (Å²) in [6.45, 7) is 1.93. The Bertz CT molecular complexity index is 810. The molecular formula is C15H15ClN2O4S. The predicted octanol–water partition coefficient (Wildman–Crippen LogP) is 3.26. The second-order valence-electron chi connectivity index (χ2n) is 4.52. The molecule has 1 aromatic heterocycles. The molecule has 6 nitrogen and oxygen atoms in total. The zero-order valence-electron chi connectivity index (χ0n) is 12.2. The molecule has 0 unspecified atom stereocenters. The Balaban J connectivity index is 2.06. The minimum atomic E-state index is -3.70. The minimum absolute atomic E-state index is 0.172. The number of anilines is 1. The molecule has 0 aliphatic heterocycles. The molecule has 0 fully saturated rings. The number of carbonyl (C=O) groups is 1. The number of sulfonamides is 1. The summed E-state index contributed by atoms with van der Waals surface area (Å²) in [5.74, 6) is -0.547. The van der Waals surface area contributed by atoms with Gasteiger partial charge >= 0.3 is 5.97 Å². The summed E-state index contributed by atoms with van der Waals surface area (Å²) in [5, 5.41) is 1.61. The lowest BCUT2D eigenvalue weighted by molar-refractivity contribution is 0.0520. The number of hydrogen-bond acceptors (Lipinski definition) is 4. The third kappa shape index (κ3) is 5.15. The van der Waals surface area contributed by atoms with Gasteiger partial charge in [-0.2, -0.15) is 0 Å². The van der Waals surface area contributed by atoms with Crippen molar-refractivity contribution in [2.24, 2.45) is 0 Å². The van der Waals surface area contributed by atoms with E-state index < -0.39 is 16.0 Å². The Morgan fingerprint density at radius 2 is 2.04 bits per heavy atom. The Morgan fingerprint density at radius 1 is 1.35 bits per heavy atom. The van der Waals surface area contributed by atoms with Gasteiger partial charge in [-0.3, -0.25) is 4.72 Å². The molecule has 2 N–H and O–H groups in total. The molecule has 0 aliphatic rings. The van der Waals surface area contributed by atoms with Crippen LogP contribution in [0.5, 0.6) is 0 Å². The first-order valence-electron chi connectivity index (χ1n) is 6.71. The number of carbonyl (C=O) groups excluding carboxylic acids is 1. The number of benzene rings is 1. The van der Waals surface area contributed by atoms with E-state index in [4.69, 9.17) is 16.3 Å². The van der Waals surface area contributed by atoms with Crippen molar-refractivity contribution in [2.45, 2.75) is 6.92 Å². The van der Waals surface area contributed by atoms with Gasteiger partial charge in [-0.15, -0.1) is 0 Å². The molecule has 0 amide bonds. The van der Waals surface area contributed by atoms with Crippen molar-refractivity contribution in [1.29, 1.82) is 0 Å². The Kier molecular flexibility index (Phi) is 5.46. The van der Waals surface area contributed by atoms with E-state index in [-0.39, 0.29) is 18.0 Å². The van der Waals surface area contributed by atoms with E-state index in [9.17, 15) is 13.2 Å². The van der Waals surface area contributed by atoms with Crippen LogP contribution in [0.3, 0.4) is 0 Å². The molecule has 0 spiro atoms. The van der Waals surface area contributed by atoms with E-state index in [1.165, 1.54) is 18.3 Å². The topological polar surface area (TPSA) is 88.3 Å². The Labute approximate surface area is 139 Å². The number of nitrogens with one attached hydrogen (secondary N) is 2. The average Bonchev–Trinajstić information content (AvgIpc) is 2.95. The van der Waals surface area contributed by atoms with Crippen molar-refractivity contribution in [1.82, 2.24) is 4.98 Å². The van der Waals surface area contributed by atoms with Gasteiger partial charge in [0.1, 0.15) is 5.69 Å². The lowest BCUT2D eigenvalue weighted by atomic mass is 10.2. The van der Waals surface area contributed by atoms with Crippen LogP contribution in [0.15, 0.2) is 41.9 Å². The maximum atomic E-state index is 12.0. The molecule has 1 aromatic carbocycles. The van der Waals surface area contributed by atoms with Crippen molar-refractivity contribution in [3.63, 3.8) is 0 Å². The molecule has 2 rings (SSSR count). The summed E-state index contributed by atoms with van der Waals surface area (Å²) in [7, 11) is -3.70. The molecule has 1 heterocycles. The number of ether oxygens (including phenoxy) is 1. The number of aromatic amines is 1. The Hall–Kier alpha value is -2.25. The number of rotatable bonds is 6. The third-order valence-corrected chi connectivity index (χ3v) is 4.01. The van der Waals surface area contributed by atoms with Gasteiger partial charge in [0.25, 0.3) is 10.0 Å². The molecule has 0 atom stereocenters. The molecule has 0 radical (unpaired) electrons. The van der Waals surface area contributed by atoms with Gasteiger partial charge in [-0.05, 0) is 36.8 Å². The fourth-order valence-electron chi connectivity index (χ4n) is 1.72. The molecule has 2 aromatic rings. The van der Waals surface area contributed by atoms with Crippen molar-refractivity contribution >= 4 is 39.4 Å². The monoisotopic (exact) mass is 354 g/mol. The van der Waals surface area contributed by atoms with Crippen molar-refractivity contribution < 1.29 is 17.9 Å². The average molecular weight is 355 g/mol. The normalized spacial score (nSPS) is 11.6. The van der Waals surface area contributed by atoms with E-state index in [0.717, 1.165) is 5.41 Å². The van der Waals surface area contributed by atoms with Crippen LogP contribution in [0.4, 0.5) is 5.69 Å². The highest BCUT2D eigenvalue weighted by molar-refractivity contribution is 7.95. The summed E-state index contributed by atoms with van der Waals surface area (Å²) in [4.78, 5) is 14.2. The zero-order valence-corrected chi connectivity index (χ0v) is 13.8. The summed E-state index contributed by atoms with van der Waals surface area (Å²) >= 11 is 5.76. The van der Waals surface area contributed by atoms with Crippen LogP contribution in [0.1, 0.15) is 23.0 Å².